The standard InChI is InChI=1S/C9H12N4O2/c1-3-4-5-11-6-7(10)13(2)9(15)12-8(6)14/h11H,5,10H2,1-2H3,(H,12,14,15). The Morgan fingerprint density at radius 1 is 1.53 bits per heavy atom. The Labute approximate surface area is 86.1 Å². The molecular weight excluding hydrogens is 196 g/mol. The van der Waals surface area contributed by atoms with Gasteiger partial charge in [0.15, 0.2) is 0 Å². The highest BCUT2D eigenvalue weighted by molar-refractivity contribution is 5.60. The lowest BCUT2D eigenvalue weighted by molar-refractivity contribution is 0.814. The Bertz CT molecular complexity index is 530. The van der Waals surface area contributed by atoms with Gasteiger partial charge in [0.1, 0.15) is 11.5 Å². The predicted octanol–water partition coefficient (Wildman–Crippen LogP) is -0.909. The summed E-state index contributed by atoms with van der Waals surface area (Å²) in [6.45, 7) is 2.00. The van der Waals surface area contributed by atoms with E-state index < -0.39 is 11.2 Å². The van der Waals surface area contributed by atoms with Gasteiger partial charge < -0.3 is 11.1 Å². The number of nitrogen functional groups attached to an aromatic ring is 1. The molecule has 6 nitrogen and oxygen atoms in total. The highest BCUT2D eigenvalue weighted by Crippen LogP contribution is 2.06. The molecule has 1 rings (SSSR count). The molecule has 15 heavy (non-hydrogen) atoms. The number of hydrogen-bond donors (Lipinski definition) is 3. The minimum atomic E-state index is -0.537. The second kappa shape index (κ2) is 4.37. The molecule has 0 aliphatic rings. The van der Waals surface area contributed by atoms with E-state index in [4.69, 9.17) is 5.73 Å². The summed E-state index contributed by atoms with van der Waals surface area (Å²) < 4.78 is 1.16. The van der Waals surface area contributed by atoms with Gasteiger partial charge >= 0.3 is 5.69 Å². The second-order valence-electron chi connectivity index (χ2n) is 2.86. The molecule has 4 N–H and O–H groups in total. The number of hydrogen-bond acceptors (Lipinski definition) is 4. The van der Waals surface area contributed by atoms with Gasteiger partial charge in [-0.25, -0.2) is 4.79 Å². The van der Waals surface area contributed by atoms with Crippen LogP contribution in [0.25, 0.3) is 0 Å². The number of nitrogens with one attached hydrogen (secondary N) is 2. The highest BCUT2D eigenvalue weighted by atomic mass is 16.2. The van der Waals surface area contributed by atoms with E-state index >= 15 is 0 Å². The molecule has 0 unspecified atom stereocenters. The first-order chi connectivity index (χ1) is 7.07. The second-order valence-corrected chi connectivity index (χ2v) is 2.86. The van der Waals surface area contributed by atoms with E-state index in [1.165, 1.54) is 7.05 Å². The Balaban J connectivity index is 3.17. The van der Waals surface area contributed by atoms with E-state index in [0.717, 1.165) is 4.57 Å². The van der Waals surface area contributed by atoms with Crippen LogP contribution in [0.1, 0.15) is 6.92 Å². The van der Waals surface area contributed by atoms with Crippen molar-refractivity contribution in [3.8, 4) is 11.8 Å². The molecule has 0 spiro atoms. The van der Waals surface area contributed by atoms with Crippen LogP contribution in [-0.4, -0.2) is 16.1 Å². The van der Waals surface area contributed by atoms with Crippen molar-refractivity contribution < 1.29 is 0 Å². The van der Waals surface area contributed by atoms with Crippen LogP contribution in [0.15, 0.2) is 9.59 Å². The monoisotopic (exact) mass is 208 g/mol. The van der Waals surface area contributed by atoms with Crippen LogP contribution >= 0.6 is 0 Å². The zero-order valence-electron chi connectivity index (χ0n) is 8.55. The molecule has 0 aliphatic heterocycles. The summed E-state index contributed by atoms with van der Waals surface area (Å²) in [4.78, 5) is 24.6. The minimum Gasteiger partial charge on any atom is -0.383 e. The number of nitrogens with zero attached hydrogens (tertiary/aromatic N) is 1. The summed E-state index contributed by atoms with van der Waals surface area (Å²) in [5, 5.41) is 2.75. The van der Waals surface area contributed by atoms with Crippen LogP contribution in [0.5, 0.6) is 0 Å². The number of rotatable bonds is 2. The molecule has 0 saturated carbocycles. The Kier molecular flexibility index (Phi) is 3.18. The maximum atomic E-state index is 11.3. The van der Waals surface area contributed by atoms with Gasteiger partial charge in [-0.15, -0.1) is 5.92 Å². The molecule has 80 valence electrons. The SMILES string of the molecule is CC#CCNc1c(N)n(C)c(=O)[nH]c1=O. The summed E-state index contributed by atoms with van der Waals surface area (Å²) >= 11 is 0. The molecule has 0 radical (unpaired) electrons. The lowest BCUT2D eigenvalue weighted by Crippen LogP contribution is -2.32. The molecule has 1 aromatic heterocycles. The molecule has 0 atom stereocenters. The largest absolute Gasteiger partial charge is 0.383 e. The summed E-state index contributed by atoms with van der Waals surface area (Å²) in [5.41, 5.74) is 4.69. The van der Waals surface area contributed by atoms with Gasteiger partial charge in [0, 0.05) is 7.05 Å². The molecule has 0 bridgehead atoms. The van der Waals surface area contributed by atoms with E-state index in [9.17, 15) is 9.59 Å². The van der Waals surface area contributed by atoms with Crippen molar-refractivity contribution in [1.29, 1.82) is 0 Å². The van der Waals surface area contributed by atoms with Gasteiger partial charge in [0.2, 0.25) is 0 Å². The summed E-state index contributed by atoms with van der Waals surface area (Å²) in [6, 6.07) is 0. The molecule has 0 aromatic carbocycles. The van der Waals surface area contributed by atoms with Crippen molar-refractivity contribution in [2.75, 3.05) is 17.6 Å². The zero-order chi connectivity index (χ0) is 11.4. The first-order valence-corrected chi connectivity index (χ1v) is 4.30. The average molecular weight is 208 g/mol. The van der Waals surface area contributed by atoms with Crippen molar-refractivity contribution >= 4 is 11.5 Å². The minimum absolute atomic E-state index is 0.0988. The molecule has 0 saturated heterocycles. The summed E-state index contributed by atoms with van der Waals surface area (Å²) in [5.74, 6) is 5.50. The molecule has 0 fully saturated rings. The first kappa shape index (κ1) is 10.9. The normalized spacial score (nSPS) is 9.20. The number of H-pyrrole nitrogens is 1. The van der Waals surface area contributed by atoms with Gasteiger partial charge in [-0.1, -0.05) is 5.92 Å². The zero-order valence-corrected chi connectivity index (χ0v) is 8.55. The molecular formula is C9H12N4O2. The maximum absolute atomic E-state index is 11.3. The summed E-state index contributed by atoms with van der Waals surface area (Å²) in [6.07, 6.45) is 0. The Hall–Kier alpha value is -2.16. The van der Waals surface area contributed by atoms with Crippen molar-refractivity contribution in [1.82, 2.24) is 9.55 Å². The van der Waals surface area contributed by atoms with Crippen LogP contribution in [0.4, 0.5) is 11.5 Å². The Morgan fingerprint density at radius 3 is 2.80 bits per heavy atom. The lowest BCUT2D eigenvalue weighted by atomic mass is 10.4. The van der Waals surface area contributed by atoms with Gasteiger partial charge in [-0.3, -0.25) is 14.3 Å². The van der Waals surface area contributed by atoms with E-state index in [-0.39, 0.29) is 11.5 Å². The van der Waals surface area contributed by atoms with Crippen molar-refractivity contribution in [2.24, 2.45) is 7.05 Å². The van der Waals surface area contributed by atoms with Crippen LogP contribution in [-0.2, 0) is 7.05 Å². The maximum Gasteiger partial charge on any atom is 0.329 e. The van der Waals surface area contributed by atoms with Crippen molar-refractivity contribution in [3.05, 3.63) is 20.8 Å². The molecule has 0 aliphatic carbocycles. The third-order valence-electron chi connectivity index (χ3n) is 1.90. The average Bonchev–Trinajstić information content (AvgIpc) is 2.20. The predicted molar refractivity (Wildman–Crippen MR) is 58.7 cm³/mol. The molecule has 1 heterocycles. The van der Waals surface area contributed by atoms with Crippen molar-refractivity contribution in [2.45, 2.75) is 6.92 Å². The van der Waals surface area contributed by atoms with Crippen LogP contribution in [0.3, 0.4) is 0 Å². The van der Waals surface area contributed by atoms with Gasteiger partial charge in [0.05, 0.1) is 6.54 Å². The first-order valence-electron chi connectivity index (χ1n) is 4.30. The van der Waals surface area contributed by atoms with E-state index in [1.807, 2.05) is 0 Å². The topological polar surface area (TPSA) is 92.9 Å². The Morgan fingerprint density at radius 2 is 2.20 bits per heavy atom. The third kappa shape index (κ3) is 2.20. The number of aromatic nitrogens is 2. The summed E-state index contributed by atoms with van der Waals surface area (Å²) in [7, 11) is 1.48. The van der Waals surface area contributed by atoms with E-state index in [2.05, 4.69) is 22.1 Å². The highest BCUT2D eigenvalue weighted by Gasteiger charge is 2.07. The smallest absolute Gasteiger partial charge is 0.329 e. The van der Waals surface area contributed by atoms with E-state index in [1.54, 1.807) is 6.92 Å². The number of nitrogens with two attached hydrogens (primary N) is 1. The van der Waals surface area contributed by atoms with E-state index in [0.29, 0.717) is 6.54 Å². The quantitative estimate of drug-likeness (QED) is 0.548. The fourth-order valence-electron chi connectivity index (χ4n) is 1.03. The fraction of sp³-hybridized carbons (Fsp3) is 0.333. The fourth-order valence-corrected chi connectivity index (χ4v) is 1.03. The van der Waals surface area contributed by atoms with Gasteiger partial charge in [-0.05, 0) is 6.92 Å². The van der Waals surface area contributed by atoms with Crippen LogP contribution in [0.2, 0.25) is 0 Å². The molecule has 1 aromatic rings. The van der Waals surface area contributed by atoms with Gasteiger partial charge in [0.25, 0.3) is 5.56 Å². The third-order valence-corrected chi connectivity index (χ3v) is 1.90. The molecule has 6 heteroatoms. The number of aromatic amines is 1. The van der Waals surface area contributed by atoms with Crippen LogP contribution in [0, 0.1) is 11.8 Å². The number of anilines is 2. The molecule has 0 amide bonds. The van der Waals surface area contributed by atoms with Crippen LogP contribution < -0.4 is 22.3 Å². The lowest BCUT2D eigenvalue weighted by Gasteiger charge is -2.08. The van der Waals surface area contributed by atoms with Crippen molar-refractivity contribution in [3.63, 3.8) is 0 Å². The van der Waals surface area contributed by atoms with Gasteiger partial charge in [-0.2, -0.15) is 0 Å².